The maximum absolute atomic E-state index is 13.7. The van der Waals surface area contributed by atoms with E-state index in [0.717, 1.165) is 21.8 Å². The number of thiophene rings is 1. The minimum Gasteiger partial charge on any atom is -0.342 e. The Kier molecular flexibility index (Phi) is 6.68. The highest BCUT2D eigenvalue weighted by Gasteiger charge is 2.47. The molecule has 2 saturated heterocycles. The number of hydrogen-bond acceptors (Lipinski definition) is 4. The van der Waals surface area contributed by atoms with Crippen LogP contribution in [0.5, 0.6) is 0 Å². The molecule has 0 aliphatic carbocycles. The van der Waals surface area contributed by atoms with E-state index in [0.29, 0.717) is 25.9 Å². The maximum Gasteiger partial charge on any atom is 0.228 e. The lowest BCUT2D eigenvalue weighted by Crippen LogP contribution is -2.45. The van der Waals surface area contributed by atoms with E-state index in [9.17, 15) is 14.4 Å². The van der Waals surface area contributed by atoms with E-state index in [1.54, 1.807) is 16.2 Å². The Hall–Kier alpha value is -3.45. The fraction of sp³-hybridized carbons (Fsp3) is 0.321. The predicted octanol–water partition coefficient (Wildman–Crippen LogP) is 5.03. The fourth-order valence-electron chi connectivity index (χ4n) is 5.11. The van der Waals surface area contributed by atoms with Gasteiger partial charge in [0.05, 0.1) is 12.0 Å². The number of aryl methyl sites for hydroxylation is 1. The van der Waals surface area contributed by atoms with Gasteiger partial charge in [0.1, 0.15) is 0 Å². The molecule has 2 unspecified atom stereocenters. The van der Waals surface area contributed by atoms with Gasteiger partial charge in [-0.05, 0) is 55.5 Å². The lowest BCUT2D eigenvalue weighted by molar-refractivity contribution is -0.139. The minimum atomic E-state index is -0.433. The van der Waals surface area contributed by atoms with Crippen LogP contribution in [0.15, 0.2) is 72.1 Å². The molecule has 2 atom stereocenters. The highest BCUT2D eigenvalue weighted by atomic mass is 32.1. The van der Waals surface area contributed by atoms with Crippen LogP contribution < -0.4 is 10.2 Å². The number of amides is 3. The first-order valence-electron chi connectivity index (χ1n) is 12.1. The van der Waals surface area contributed by atoms with Crippen LogP contribution in [0, 0.1) is 18.8 Å². The molecule has 2 aliphatic heterocycles. The van der Waals surface area contributed by atoms with Crippen molar-refractivity contribution in [1.29, 1.82) is 0 Å². The standard InChI is InChI=1S/C28H29N3O3S/c1-19-9-11-22(12-10-19)31-25(32)18-23(26(31)24-8-5-17-35-24)28(34)30-15-13-20(14-16-30)27(33)29-21-6-3-2-4-7-21/h2-12,17,20,23,26H,13-16,18H2,1H3,(H,29,33). The largest absolute Gasteiger partial charge is 0.342 e. The molecule has 7 heteroatoms. The lowest BCUT2D eigenvalue weighted by Gasteiger charge is -2.35. The van der Waals surface area contributed by atoms with E-state index in [1.165, 1.54) is 0 Å². The molecule has 0 bridgehead atoms. The third-order valence-electron chi connectivity index (χ3n) is 7.01. The van der Waals surface area contributed by atoms with Crippen molar-refractivity contribution in [3.63, 3.8) is 0 Å². The van der Waals surface area contributed by atoms with Crippen LogP contribution in [0.1, 0.15) is 35.7 Å². The number of rotatable bonds is 5. The van der Waals surface area contributed by atoms with Crippen molar-refractivity contribution in [1.82, 2.24) is 4.90 Å². The molecule has 2 fully saturated rings. The summed E-state index contributed by atoms with van der Waals surface area (Å²) in [6, 6.07) is 21.0. The number of likely N-dealkylation sites (tertiary alicyclic amines) is 1. The summed E-state index contributed by atoms with van der Waals surface area (Å²) < 4.78 is 0. The number of benzene rings is 2. The van der Waals surface area contributed by atoms with E-state index in [-0.39, 0.29) is 36.1 Å². The first kappa shape index (κ1) is 23.3. The summed E-state index contributed by atoms with van der Waals surface area (Å²) in [4.78, 5) is 44.3. The molecule has 5 rings (SSSR count). The number of piperidine rings is 1. The first-order valence-corrected chi connectivity index (χ1v) is 13.0. The second kappa shape index (κ2) is 10.0. The van der Waals surface area contributed by atoms with Crippen LogP contribution in [-0.2, 0) is 14.4 Å². The molecule has 6 nitrogen and oxygen atoms in total. The molecule has 3 aromatic rings. The van der Waals surface area contributed by atoms with Gasteiger partial charge in [0.15, 0.2) is 0 Å². The van der Waals surface area contributed by atoms with Gasteiger partial charge in [-0.15, -0.1) is 11.3 Å². The summed E-state index contributed by atoms with van der Waals surface area (Å²) in [5.41, 5.74) is 2.74. The van der Waals surface area contributed by atoms with Gasteiger partial charge in [0, 0.05) is 41.7 Å². The van der Waals surface area contributed by atoms with Crippen molar-refractivity contribution in [2.75, 3.05) is 23.3 Å². The van der Waals surface area contributed by atoms with Gasteiger partial charge in [-0.2, -0.15) is 0 Å². The van der Waals surface area contributed by atoms with Crippen molar-refractivity contribution >= 4 is 40.4 Å². The average molecular weight is 488 g/mol. The highest BCUT2D eigenvalue weighted by molar-refractivity contribution is 7.10. The SMILES string of the molecule is Cc1ccc(N2C(=O)CC(C(=O)N3CCC(C(=O)Nc4ccccc4)CC3)C2c2cccs2)cc1. The zero-order valence-electron chi connectivity index (χ0n) is 19.7. The molecule has 35 heavy (non-hydrogen) atoms. The molecule has 2 aliphatic rings. The van der Waals surface area contributed by atoms with Crippen LogP contribution in [0.4, 0.5) is 11.4 Å². The lowest BCUT2D eigenvalue weighted by atomic mass is 9.92. The van der Waals surface area contributed by atoms with Gasteiger partial charge in [0.25, 0.3) is 0 Å². The first-order chi connectivity index (χ1) is 17.0. The van der Waals surface area contributed by atoms with Gasteiger partial charge < -0.3 is 15.1 Å². The van der Waals surface area contributed by atoms with Gasteiger partial charge in [-0.1, -0.05) is 42.0 Å². The summed E-state index contributed by atoms with van der Waals surface area (Å²) in [6.45, 7) is 3.07. The van der Waals surface area contributed by atoms with E-state index in [4.69, 9.17) is 0 Å². The Morgan fingerprint density at radius 2 is 1.66 bits per heavy atom. The third-order valence-corrected chi connectivity index (χ3v) is 7.95. The Balaban J connectivity index is 1.29. The summed E-state index contributed by atoms with van der Waals surface area (Å²) in [6.07, 6.45) is 1.44. The van der Waals surface area contributed by atoms with Crippen LogP contribution in [0.2, 0.25) is 0 Å². The number of carbonyl (C=O) groups is 3. The summed E-state index contributed by atoms with van der Waals surface area (Å²) in [5, 5.41) is 4.97. The zero-order valence-corrected chi connectivity index (χ0v) is 20.5. The maximum atomic E-state index is 13.7. The van der Waals surface area contributed by atoms with Crippen LogP contribution >= 0.6 is 11.3 Å². The zero-order chi connectivity index (χ0) is 24.4. The Morgan fingerprint density at radius 3 is 2.31 bits per heavy atom. The number of nitrogens with zero attached hydrogens (tertiary/aromatic N) is 2. The highest BCUT2D eigenvalue weighted by Crippen LogP contribution is 2.44. The minimum absolute atomic E-state index is 0.00125. The Morgan fingerprint density at radius 1 is 0.943 bits per heavy atom. The smallest absolute Gasteiger partial charge is 0.228 e. The molecule has 2 aromatic carbocycles. The summed E-state index contributed by atoms with van der Waals surface area (Å²) >= 11 is 1.58. The van der Waals surface area contributed by atoms with Crippen LogP contribution in [0.25, 0.3) is 0 Å². The Labute approximate surface area is 209 Å². The second-order valence-corrected chi connectivity index (χ2v) is 10.3. The monoisotopic (exact) mass is 487 g/mol. The van der Waals surface area contributed by atoms with Crippen LogP contribution in [0.3, 0.4) is 0 Å². The second-order valence-electron chi connectivity index (χ2n) is 9.32. The molecule has 0 spiro atoms. The van der Waals surface area contributed by atoms with Crippen molar-refractivity contribution in [3.8, 4) is 0 Å². The van der Waals surface area contributed by atoms with Gasteiger partial charge in [0.2, 0.25) is 17.7 Å². The molecule has 1 aromatic heterocycles. The molecule has 3 amide bonds. The molecule has 1 N–H and O–H groups in total. The normalized spacial score (nSPS) is 20.8. The van der Waals surface area contributed by atoms with Crippen LogP contribution in [-0.4, -0.2) is 35.7 Å². The summed E-state index contributed by atoms with van der Waals surface area (Å²) in [7, 11) is 0. The molecular weight excluding hydrogens is 458 g/mol. The van der Waals surface area contributed by atoms with Gasteiger partial charge >= 0.3 is 0 Å². The fourth-order valence-corrected chi connectivity index (χ4v) is 5.99. The van der Waals surface area contributed by atoms with Crippen molar-refractivity contribution in [2.45, 2.75) is 32.2 Å². The van der Waals surface area contributed by atoms with Crippen molar-refractivity contribution in [2.24, 2.45) is 11.8 Å². The van der Waals surface area contributed by atoms with E-state index >= 15 is 0 Å². The molecule has 3 heterocycles. The average Bonchev–Trinajstić information content (AvgIpc) is 3.53. The molecular formula is C28H29N3O3S. The quantitative estimate of drug-likeness (QED) is 0.549. The molecule has 0 radical (unpaired) electrons. The number of nitrogens with one attached hydrogen (secondary N) is 1. The third kappa shape index (κ3) is 4.86. The number of hydrogen-bond donors (Lipinski definition) is 1. The van der Waals surface area contributed by atoms with E-state index in [1.807, 2.05) is 83.9 Å². The number of anilines is 2. The Bertz CT molecular complexity index is 1190. The van der Waals surface area contributed by atoms with Crippen molar-refractivity contribution in [3.05, 3.63) is 82.6 Å². The topological polar surface area (TPSA) is 69.7 Å². The van der Waals surface area contributed by atoms with E-state index in [2.05, 4.69) is 5.32 Å². The molecule has 180 valence electrons. The predicted molar refractivity (Wildman–Crippen MR) is 138 cm³/mol. The van der Waals surface area contributed by atoms with Gasteiger partial charge in [-0.3, -0.25) is 14.4 Å². The van der Waals surface area contributed by atoms with Crippen molar-refractivity contribution < 1.29 is 14.4 Å². The van der Waals surface area contributed by atoms with E-state index < -0.39 is 5.92 Å². The summed E-state index contributed by atoms with van der Waals surface area (Å²) in [5.74, 6) is -0.573. The number of para-hydroxylation sites is 1. The molecule has 0 saturated carbocycles. The number of carbonyl (C=O) groups excluding carboxylic acids is 3. The van der Waals surface area contributed by atoms with Gasteiger partial charge in [-0.25, -0.2) is 0 Å².